The quantitative estimate of drug-likeness (QED) is 0.765. The van der Waals surface area contributed by atoms with E-state index < -0.39 is 6.04 Å². The molecular weight excluding hydrogens is 395 g/mol. The summed E-state index contributed by atoms with van der Waals surface area (Å²) in [7, 11) is 1.54. The summed E-state index contributed by atoms with van der Waals surface area (Å²) in [6, 6.07) is 11.6. The number of halogens is 3. The molecule has 0 heterocycles. The van der Waals surface area contributed by atoms with Gasteiger partial charge in [-0.25, -0.2) is 0 Å². The van der Waals surface area contributed by atoms with Crippen molar-refractivity contribution < 1.29 is 9.59 Å². The molecule has 0 aliphatic carbocycles. The van der Waals surface area contributed by atoms with Gasteiger partial charge >= 0.3 is 0 Å². The van der Waals surface area contributed by atoms with E-state index in [0.29, 0.717) is 15.1 Å². The van der Waals surface area contributed by atoms with Gasteiger partial charge in [0.2, 0.25) is 11.8 Å². The molecule has 1 N–H and O–H groups in total. The molecular formula is C19H19Cl3N2O2. The van der Waals surface area contributed by atoms with Crippen molar-refractivity contribution in [1.82, 2.24) is 10.2 Å². The van der Waals surface area contributed by atoms with E-state index >= 15 is 0 Å². The number of likely N-dealkylation sites (N-methyl/N-ethyl adjacent to an activating group) is 1. The fraction of sp³-hybridized carbons (Fsp3) is 0.263. The Hall–Kier alpha value is -1.75. The fourth-order valence-corrected chi connectivity index (χ4v) is 3.08. The number of hydrogen-bond acceptors (Lipinski definition) is 2. The Bertz CT molecular complexity index is 811. The number of benzene rings is 2. The zero-order valence-electron chi connectivity index (χ0n) is 14.4. The first-order valence-electron chi connectivity index (χ1n) is 8.01. The van der Waals surface area contributed by atoms with E-state index in [0.717, 1.165) is 11.1 Å². The summed E-state index contributed by atoms with van der Waals surface area (Å²) < 4.78 is 0. The second-order valence-electron chi connectivity index (χ2n) is 5.87. The molecule has 2 rings (SSSR count). The highest BCUT2D eigenvalue weighted by molar-refractivity contribution is 6.42. The Kier molecular flexibility index (Phi) is 7.33. The Balaban J connectivity index is 2.26. The second-order valence-corrected chi connectivity index (χ2v) is 7.12. The van der Waals surface area contributed by atoms with Crippen LogP contribution in [0.25, 0.3) is 0 Å². The molecule has 0 radical (unpaired) electrons. The van der Waals surface area contributed by atoms with Crippen molar-refractivity contribution in [3.8, 4) is 0 Å². The van der Waals surface area contributed by atoms with Crippen molar-refractivity contribution in [2.24, 2.45) is 0 Å². The molecule has 0 unspecified atom stereocenters. The van der Waals surface area contributed by atoms with E-state index in [-0.39, 0.29) is 24.8 Å². The summed E-state index contributed by atoms with van der Waals surface area (Å²) in [6.45, 7) is 1.93. The van der Waals surface area contributed by atoms with Gasteiger partial charge in [-0.05, 0) is 42.3 Å². The number of amides is 2. The summed E-state index contributed by atoms with van der Waals surface area (Å²) >= 11 is 18.0. The highest BCUT2D eigenvalue weighted by Gasteiger charge is 2.25. The van der Waals surface area contributed by atoms with Crippen molar-refractivity contribution in [2.75, 3.05) is 7.05 Å². The minimum Gasteiger partial charge on any atom is -0.357 e. The third-order valence-corrected chi connectivity index (χ3v) is 4.97. The van der Waals surface area contributed by atoms with Crippen LogP contribution >= 0.6 is 34.8 Å². The van der Waals surface area contributed by atoms with Gasteiger partial charge in [-0.2, -0.15) is 0 Å². The van der Waals surface area contributed by atoms with Crippen LogP contribution in [0, 0.1) is 0 Å². The molecule has 138 valence electrons. The highest BCUT2D eigenvalue weighted by Crippen LogP contribution is 2.24. The van der Waals surface area contributed by atoms with Crippen LogP contribution in [-0.4, -0.2) is 29.8 Å². The lowest BCUT2D eigenvalue weighted by Gasteiger charge is -2.28. The average Bonchev–Trinajstić information content (AvgIpc) is 2.61. The third-order valence-electron chi connectivity index (χ3n) is 4.00. The predicted molar refractivity (Wildman–Crippen MR) is 106 cm³/mol. The van der Waals surface area contributed by atoms with Crippen molar-refractivity contribution >= 4 is 46.6 Å². The lowest BCUT2D eigenvalue weighted by atomic mass is 10.1. The summed E-state index contributed by atoms with van der Waals surface area (Å²) in [4.78, 5) is 26.5. The van der Waals surface area contributed by atoms with E-state index in [1.54, 1.807) is 43.3 Å². The summed E-state index contributed by atoms with van der Waals surface area (Å²) in [5.41, 5.74) is 1.57. The highest BCUT2D eigenvalue weighted by atomic mass is 35.5. The van der Waals surface area contributed by atoms with Crippen LogP contribution in [0.3, 0.4) is 0 Å². The SMILES string of the molecule is CNC(=O)[C@@H](C)N(Cc1ccc(Cl)c(Cl)c1)C(=O)Cc1cccc(Cl)c1. The van der Waals surface area contributed by atoms with Crippen LogP contribution in [0.4, 0.5) is 0 Å². The van der Waals surface area contributed by atoms with Gasteiger partial charge in [-0.3, -0.25) is 9.59 Å². The zero-order chi connectivity index (χ0) is 19.3. The number of nitrogens with one attached hydrogen (secondary N) is 1. The molecule has 0 aliphatic rings. The number of carbonyl (C=O) groups excluding carboxylic acids is 2. The molecule has 0 fully saturated rings. The Morgan fingerprint density at radius 2 is 1.77 bits per heavy atom. The molecule has 7 heteroatoms. The van der Waals surface area contributed by atoms with Gasteiger partial charge in [-0.15, -0.1) is 0 Å². The van der Waals surface area contributed by atoms with Crippen LogP contribution < -0.4 is 5.32 Å². The standard InChI is InChI=1S/C19H19Cl3N2O2/c1-12(19(26)23-2)24(11-14-6-7-16(21)17(22)9-14)18(25)10-13-4-3-5-15(20)8-13/h3-9,12H,10-11H2,1-2H3,(H,23,26)/t12-/m1/s1. The Labute approximate surface area is 168 Å². The van der Waals surface area contributed by atoms with E-state index in [9.17, 15) is 9.59 Å². The lowest BCUT2D eigenvalue weighted by Crippen LogP contribution is -2.47. The van der Waals surface area contributed by atoms with Crippen molar-refractivity contribution in [2.45, 2.75) is 25.9 Å². The molecule has 1 atom stereocenters. The third kappa shape index (κ3) is 5.37. The summed E-state index contributed by atoms with van der Waals surface area (Å²) in [6.07, 6.45) is 0.142. The van der Waals surface area contributed by atoms with E-state index in [1.165, 1.54) is 11.9 Å². The van der Waals surface area contributed by atoms with Gasteiger partial charge < -0.3 is 10.2 Å². The van der Waals surface area contributed by atoms with Crippen LogP contribution in [0.1, 0.15) is 18.1 Å². The van der Waals surface area contributed by atoms with Crippen LogP contribution in [-0.2, 0) is 22.6 Å². The molecule has 4 nitrogen and oxygen atoms in total. The van der Waals surface area contributed by atoms with Gasteiger partial charge in [0.05, 0.1) is 16.5 Å². The van der Waals surface area contributed by atoms with Crippen molar-refractivity contribution in [3.05, 3.63) is 68.7 Å². The van der Waals surface area contributed by atoms with E-state index in [2.05, 4.69) is 5.32 Å². The molecule has 0 aliphatic heterocycles. The fourth-order valence-electron chi connectivity index (χ4n) is 2.55. The predicted octanol–water partition coefficient (Wildman–Crippen LogP) is 4.35. The molecule has 0 aromatic heterocycles. The minimum absolute atomic E-state index is 0.142. The molecule has 0 saturated carbocycles. The maximum Gasteiger partial charge on any atom is 0.242 e. The largest absolute Gasteiger partial charge is 0.357 e. The van der Waals surface area contributed by atoms with Crippen LogP contribution in [0.15, 0.2) is 42.5 Å². The number of rotatable bonds is 6. The molecule has 2 amide bonds. The van der Waals surface area contributed by atoms with Gasteiger partial charge in [0, 0.05) is 18.6 Å². The zero-order valence-corrected chi connectivity index (χ0v) is 16.7. The normalized spacial score (nSPS) is 11.7. The molecule has 2 aromatic rings. The number of carbonyl (C=O) groups is 2. The lowest BCUT2D eigenvalue weighted by molar-refractivity contribution is -0.139. The van der Waals surface area contributed by atoms with Crippen molar-refractivity contribution in [3.63, 3.8) is 0 Å². The Morgan fingerprint density at radius 1 is 1.04 bits per heavy atom. The molecule has 26 heavy (non-hydrogen) atoms. The monoisotopic (exact) mass is 412 g/mol. The topological polar surface area (TPSA) is 49.4 Å². The van der Waals surface area contributed by atoms with E-state index in [1.807, 2.05) is 6.07 Å². The van der Waals surface area contributed by atoms with Gasteiger partial charge in [-0.1, -0.05) is 53.0 Å². The molecule has 0 bridgehead atoms. The number of hydrogen-bond donors (Lipinski definition) is 1. The maximum absolute atomic E-state index is 12.9. The first-order valence-corrected chi connectivity index (χ1v) is 9.14. The van der Waals surface area contributed by atoms with E-state index in [4.69, 9.17) is 34.8 Å². The molecule has 2 aromatic carbocycles. The average molecular weight is 414 g/mol. The summed E-state index contributed by atoms with van der Waals surface area (Å²) in [5.74, 6) is -0.432. The Morgan fingerprint density at radius 3 is 2.38 bits per heavy atom. The van der Waals surface area contributed by atoms with Gasteiger partial charge in [0.15, 0.2) is 0 Å². The van der Waals surface area contributed by atoms with Crippen LogP contribution in [0.2, 0.25) is 15.1 Å². The minimum atomic E-state index is -0.638. The summed E-state index contributed by atoms with van der Waals surface area (Å²) in [5, 5.41) is 3.98. The smallest absolute Gasteiger partial charge is 0.242 e. The van der Waals surface area contributed by atoms with Crippen molar-refractivity contribution in [1.29, 1.82) is 0 Å². The molecule has 0 saturated heterocycles. The second kappa shape index (κ2) is 9.26. The van der Waals surface area contributed by atoms with Gasteiger partial charge in [0.1, 0.15) is 6.04 Å². The number of nitrogens with zero attached hydrogens (tertiary/aromatic N) is 1. The van der Waals surface area contributed by atoms with Gasteiger partial charge in [0.25, 0.3) is 0 Å². The first kappa shape index (κ1) is 20.6. The molecule has 0 spiro atoms. The first-order chi connectivity index (χ1) is 12.3. The maximum atomic E-state index is 12.9. The van der Waals surface area contributed by atoms with Crippen LogP contribution in [0.5, 0.6) is 0 Å².